The summed E-state index contributed by atoms with van der Waals surface area (Å²) in [6.45, 7) is 11.7. The summed E-state index contributed by atoms with van der Waals surface area (Å²) in [6.07, 6.45) is 0. The normalized spacial score (nSPS) is 16.0. The van der Waals surface area contributed by atoms with Crippen LogP contribution in [0.1, 0.15) is 30.5 Å². The lowest BCUT2D eigenvalue weighted by Gasteiger charge is -2.35. The molecular weight excluding hydrogens is 314 g/mol. The van der Waals surface area contributed by atoms with Gasteiger partial charge in [-0.15, -0.1) is 0 Å². The molecule has 2 aromatic rings. The van der Waals surface area contributed by atoms with Gasteiger partial charge in [-0.05, 0) is 36.4 Å². The molecule has 0 bridgehead atoms. The van der Waals surface area contributed by atoms with Crippen molar-refractivity contribution >= 4 is 16.8 Å². The zero-order chi connectivity index (χ0) is 18.1. The van der Waals surface area contributed by atoms with E-state index in [-0.39, 0.29) is 17.4 Å². The van der Waals surface area contributed by atoms with Gasteiger partial charge in [-0.3, -0.25) is 14.5 Å². The van der Waals surface area contributed by atoms with Crippen molar-refractivity contribution in [3.8, 4) is 0 Å². The third-order valence-corrected chi connectivity index (χ3v) is 5.20. The summed E-state index contributed by atoms with van der Waals surface area (Å²) >= 11 is 0. The Hall–Kier alpha value is -2.14. The van der Waals surface area contributed by atoms with E-state index in [1.807, 2.05) is 31.7 Å². The largest absolute Gasteiger partial charge is 0.340 e. The molecule has 134 valence electrons. The average Bonchev–Trinajstić information content (AvgIpc) is 2.60. The molecule has 1 aromatic carbocycles. The minimum Gasteiger partial charge on any atom is -0.340 e. The molecule has 0 aliphatic carbocycles. The number of aromatic nitrogens is 1. The molecule has 0 spiro atoms. The summed E-state index contributed by atoms with van der Waals surface area (Å²) in [5, 5.41) is 1.08. The molecule has 0 unspecified atom stereocenters. The smallest absolute Gasteiger partial charge is 0.252 e. The van der Waals surface area contributed by atoms with Crippen LogP contribution in [0.25, 0.3) is 10.9 Å². The minimum atomic E-state index is -0.0121. The van der Waals surface area contributed by atoms with Crippen molar-refractivity contribution in [2.45, 2.75) is 34.2 Å². The van der Waals surface area contributed by atoms with Crippen LogP contribution in [0, 0.1) is 19.8 Å². The predicted octanol–water partition coefficient (Wildman–Crippen LogP) is 2.45. The van der Waals surface area contributed by atoms with Gasteiger partial charge in [0.2, 0.25) is 5.91 Å². The van der Waals surface area contributed by atoms with Gasteiger partial charge >= 0.3 is 0 Å². The van der Waals surface area contributed by atoms with Crippen molar-refractivity contribution < 1.29 is 4.79 Å². The molecule has 1 N–H and O–H groups in total. The number of aromatic amines is 1. The van der Waals surface area contributed by atoms with Crippen LogP contribution in [-0.2, 0) is 11.3 Å². The third-order valence-electron chi connectivity index (χ3n) is 5.20. The molecule has 25 heavy (non-hydrogen) atoms. The zero-order valence-corrected chi connectivity index (χ0v) is 15.6. The summed E-state index contributed by atoms with van der Waals surface area (Å²) in [7, 11) is 0. The maximum atomic E-state index is 12.5. The highest BCUT2D eigenvalue weighted by Crippen LogP contribution is 2.19. The summed E-state index contributed by atoms with van der Waals surface area (Å²) in [5.74, 6) is 0.260. The molecule has 5 heteroatoms. The lowest BCUT2D eigenvalue weighted by Crippen LogP contribution is -2.49. The Bertz CT molecular complexity index is 846. The number of benzene rings is 1. The van der Waals surface area contributed by atoms with E-state index in [1.165, 1.54) is 5.56 Å². The Labute approximate surface area is 148 Å². The lowest BCUT2D eigenvalue weighted by atomic mass is 10.0. The van der Waals surface area contributed by atoms with E-state index in [0.717, 1.165) is 48.2 Å². The fourth-order valence-corrected chi connectivity index (χ4v) is 3.42. The summed E-state index contributed by atoms with van der Waals surface area (Å²) in [5.41, 5.74) is 4.02. The van der Waals surface area contributed by atoms with E-state index in [2.05, 4.69) is 28.9 Å². The number of H-pyrrole nitrogens is 1. The first-order chi connectivity index (χ1) is 11.9. The molecule has 1 aliphatic heterocycles. The second-order valence-corrected chi connectivity index (χ2v) is 7.35. The molecule has 2 heterocycles. The Morgan fingerprint density at radius 1 is 1.16 bits per heavy atom. The number of fused-ring (bicyclic) bond motifs is 1. The SMILES string of the molecule is Cc1ccc2cc(CN3CCN(C(=O)C(C)C)CC3)c(=O)[nH]c2c1C. The van der Waals surface area contributed by atoms with Gasteiger partial charge in [0.25, 0.3) is 5.56 Å². The Morgan fingerprint density at radius 3 is 2.48 bits per heavy atom. The molecule has 0 atom stereocenters. The van der Waals surface area contributed by atoms with Crippen molar-refractivity contribution in [1.82, 2.24) is 14.8 Å². The van der Waals surface area contributed by atoms with Gasteiger partial charge in [0.15, 0.2) is 0 Å². The number of aryl methyl sites for hydroxylation is 2. The van der Waals surface area contributed by atoms with Gasteiger partial charge in [-0.25, -0.2) is 0 Å². The van der Waals surface area contributed by atoms with Crippen LogP contribution < -0.4 is 5.56 Å². The molecule has 0 saturated carbocycles. The van der Waals surface area contributed by atoms with Crippen LogP contribution in [0.15, 0.2) is 23.0 Å². The number of nitrogens with zero attached hydrogens (tertiary/aromatic N) is 2. The summed E-state index contributed by atoms with van der Waals surface area (Å²) in [4.78, 5) is 31.8. The number of pyridine rings is 1. The minimum absolute atomic E-state index is 0.0121. The Balaban J connectivity index is 1.74. The number of hydrogen-bond acceptors (Lipinski definition) is 3. The van der Waals surface area contributed by atoms with Crippen molar-refractivity contribution in [2.24, 2.45) is 5.92 Å². The second kappa shape index (κ2) is 7.00. The first kappa shape index (κ1) is 17.7. The van der Waals surface area contributed by atoms with Crippen LogP contribution in [0.2, 0.25) is 0 Å². The number of amides is 1. The third kappa shape index (κ3) is 3.61. The molecule has 1 aromatic heterocycles. The number of nitrogens with one attached hydrogen (secondary N) is 1. The molecule has 5 nitrogen and oxygen atoms in total. The van der Waals surface area contributed by atoms with E-state index < -0.39 is 0 Å². The zero-order valence-electron chi connectivity index (χ0n) is 15.6. The maximum Gasteiger partial charge on any atom is 0.252 e. The van der Waals surface area contributed by atoms with E-state index in [9.17, 15) is 9.59 Å². The fraction of sp³-hybridized carbons (Fsp3) is 0.500. The monoisotopic (exact) mass is 341 g/mol. The molecule has 1 aliphatic rings. The number of carbonyl (C=O) groups excluding carboxylic acids is 1. The van der Waals surface area contributed by atoms with Gasteiger partial charge < -0.3 is 9.88 Å². The maximum absolute atomic E-state index is 12.5. The van der Waals surface area contributed by atoms with Gasteiger partial charge in [0.05, 0.1) is 5.52 Å². The quantitative estimate of drug-likeness (QED) is 0.933. The van der Waals surface area contributed by atoms with Crippen LogP contribution in [0.5, 0.6) is 0 Å². The van der Waals surface area contributed by atoms with Crippen LogP contribution in [-0.4, -0.2) is 46.9 Å². The fourth-order valence-electron chi connectivity index (χ4n) is 3.42. The van der Waals surface area contributed by atoms with E-state index in [0.29, 0.717) is 6.54 Å². The molecular formula is C20H27N3O2. The molecule has 0 radical (unpaired) electrons. The predicted molar refractivity (Wildman–Crippen MR) is 101 cm³/mol. The number of rotatable bonds is 3. The number of hydrogen-bond donors (Lipinski definition) is 1. The van der Waals surface area contributed by atoms with E-state index in [4.69, 9.17) is 0 Å². The van der Waals surface area contributed by atoms with Crippen LogP contribution >= 0.6 is 0 Å². The molecule has 1 fully saturated rings. The van der Waals surface area contributed by atoms with Crippen molar-refractivity contribution in [3.05, 3.63) is 45.2 Å². The second-order valence-electron chi connectivity index (χ2n) is 7.35. The number of carbonyl (C=O) groups is 1. The van der Waals surface area contributed by atoms with E-state index >= 15 is 0 Å². The first-order valence-corrected chi connectivity index (χ1v) is 9.00. The molecule has 3 rings (SSSR count). The van der Waals surface area contributed by atoms with Crippen molar-refractivity contribution in [2.75, 3.05) is 26.2 Å². The van der Waals surface area contributed by atoms with Gasteiger partial charge in [0, 0.05) is 44.2 Å². The van der Waals surface area contributed by atoms with Crippen molar-refractivity contribution in [1.29, 1.82) is 0 Å². The highest BCUT2D eigenvalue weighted by Gasteiger charge is 2.23. The van der Waals surface area contributed by atoms with E-state index in [1.54, 1.807) is 0 Å². The van der Waals surface area contributed by atoms with Gasteiger partial charge in [-0.2, -0.15) is 0 Å². The molecule has 1 saturated heterocycles. The highest BCUT2D eigenvalue weighted by molar-refractivity contribution is 5.83. The van der Waals surface area contributed by atoms with Crippen LogP contribution in [0.3, 0.4) is 0 Å². The Morgan fingerprint density at radius 2 is 1.84 bits per heavy atom. The van der Waals surface area contributed by atoms with Gasteiger partial charge in [-0.1, -0.05) is 26.0 Å². The lowest BCUT2D eigenvalue weighted by molar-refractivity contribution is -0.136. The van der Waals surface area contributed by atoms with Crippen molar-refractivity contribution in [3.63, 3.8) is 0 Å². The number of piperazine rings is 1. The van der Waals surface area contributed by atoms with Gasteiger partial charge in [0.1, 0.15) is 0 Å². The summed E-state index contributed by atoms with van der Waals surface area (Å²) in [6, 6.07) is 6.17. The van der Waals surface area contributed by atoms with Crippen LogP contribution in [0.4, 0.5) is 0 Å². The standard InChI is InChI=1S/C20H27N3O2/c1-13(2)20(25)23-9-7-22(8-10-23)12-17-11-16-6-5-14(3)15(4)18(16)21-19(17)24/h5-6,11,13H,7-10,12H2,1-4H3,(H,21,24). The molecule has 1 amide bonds. The Kier molecular flexibility index (Phi) is 4.95. The average molecular weight is 341 g/mol. The summed E-state index contributed by atoms with van der Waals surface area (Å²) < 4.78 is 0. The first-order valence-electron chi connectivity index (χ1n) is 9.00. The topological polar surface area (TPSA) is 56.4 Å². The highest BCUT2D eigenvalue weighted by atomic mass is 16.2.